The van der Waals surface area contributed by atoms with Crippen LogP contribution in [0.3, 0.4) is 0 Å². The molecule has 2 amide bonds. The zero-order valence-corrected chi connectivity index (χ0v) is 18.1. The minimum atomic E-state index is -0.973. The van der Waals surface area contributed by atoms with Crippen LogP contribution >= 0.6 is 23.4 Å². The number of nitrogens with zero attached hydrogens (tertiary/aromatic N) is 1. The fourth-order valence-electron chi connectivity index (χ4n) is 3.00. The first-order valence-electron chi connectivity index (χ1n) is 9.49. The van der Waals surface area contributed by atoms with Gasteiger partial charge in [-0.05, 0) is 77.5 Å². The number of ether oxygens (including phenoxy) is 1. The van der Waals surface area contributed by atoms with Crippen LogP contribution in [0, 0.1) is 0 Å². The van der Waals surface area contributed by atoms with Crippen LogP contribution in [0.2, 0.25) is 5.02 Å². The first-order valence-corrected chi connectivity index (χ1v) is 10.7. The molecule has 0 aromatic heterocycles. The van der Waals surface area contributed by atoms with Gasteiger partial charge in [-0.25, -0.2) is 9.69 Å². The molecule has 1 heterocycles. The van der Waals surface area contributed by atoms with E-state index in [9.17, 15) is 14.4 Å². The van der Waals surface area contributed by atoms with E-state index in [-0.39, 0.29) is 16.7 Å². The number of rotatable bonds is 6. The summed E-state index contributed by atoms with van der Waals surface area (Å²) >= 11 is 6.76. The molecule has 6 nitrogen and oxygen atoms in total. The van der Waals surface area contributed by atoms with Crippen molar-refractivity contribution in [3.8, 4) is 5.75 Å². The summed E-state index contributed by atoms with van der Waals surface area (Å²) in [6, 6.07) is 20.1. The number of hydrogen-bond donors (Lipinski definition) is 1. The van der Waals surface area contributed by atoms with Gasteiger partial charge >= 0.3 is 5.97 Å². The average Bonchev–Trinajstić information content (AvgIpc) is 3.07. The molecule has 32 heavy (non-hydrogen) atoms. The molecule has 0 saturated carbocycles. The summed E-state index contributed by atoms with van der Waals surface area (Å²) < 4.78 is 5.73. The molecule has 8 heteroatoms. The SMILES string of the molecule is O=C(O)c1ccc(COc2ccc(C=C3SC(=O)N(c4ccc(Cl)cc4)C3=O)cc2)cc1. The zero-order chi connectivity index (χ0) is 22.7. The van der Waals surface area contributed by atoms with Gasteiger partial charge in [-0.1, -0.05) is 35.9 Å². The summed E-state index contributed by atoms with van der Waals surface area (Å²) in [5.41, 5.74) is 2.29. The summed E-state index contributed by atoms with van der Waals surface area (Å²) in [4.78, 5) is 37.4. The summed E-state index contributed by atoms with van der Waals surface area (Å²) in [5, 5.41) is 9.10. The van der Waals surface area contributed by atoms with E-state index in [2.05, 4.69) is 0 Å². The molecule has 0 unspecified atom stereocenters. The third kappa shape index (κ3) is 4.85. The maximum Gasteiger partial charge on any atom is 0.335 e. The molecule has 1 aliphatic heterocycles. The van der Waals surface area contributed by atoms with E-state index >= 15 is 0 Å². The van der Waals surface area contributed by atoms with E-state index in [0.717, 1.165) is 27.8 Å². The number of thioether (sulfide) groups is 1. The van der Waals surface area contributed by atoms with E-state index in [1.165, 1.54) is 12.1 Å². The molecule has 0 radical (unpaired) electrons. The molecule has 0 atom stereocenters. The van der Waals surface area contributed by atoms with Crippen molar-refractivity contribution in [2.45, 2.75) is 6.61 Å². The van der Waals surface area contributed by atoms with Gasteiger partial charge in [-0.3, -0.25) is 9.59 Å². The van der Waals surface area contributed by atoms with Gasteiger partial charge in [0.25, 0.3) is 11.1 Å². The zero-order valence-electron chi connectivity index (χ0n) is 16.5. The van der Waals surface area contributed by atoms with Gasteiger partial charge in [-0.2, -0.15) is 0 Å². The highest BCUT2D eigenvalue weighted by molar-refractivity contribution is 8.19. The molecule has 0 aliphatic carbocycles. The van der Waals surface area contributed by atoms with Crippen molar-refractivity contribution >= 4 is 52.2 Å². The number of carbonyl (C=O) groups is 3. The van der Waals surface area contributed by atoms with E-state index in [1.807, 2.05) is 0 Å². The molecule has 1 fully saturated rings. The van der Waals surface area contributed by atoms with Crippen molar-refractivity contribution in [3.63, 3.8) is 0 Å². The van der Waals surface area contributed by atoms with E-state index in [4.69, 9.17) is 21.4 Å². The van der Waals surface area contributed by atoms with Crippen molar-refractivity contribution in [2.24, 2.45) is 0 Å². The maximum atomic E-state index is 12.7. The lowest BCUT2D eigenvalue weighted by Crippen LogP contribution is -2.27. The van der Waals surface area contributed by atoms with Crippen LogP contribution in [0.4, 0.5) is 10.5 Å². The molecule has 1 aliphatic rings. The van der Waals surface area contributed by atoms with Gasteiger partial charge in [0.1, 0.15) is 12.4 Å². The molecular weight excluding hydrogens is 450 g/mol. The number of aromatic carboxylic acids is 1. The highest BCUT2D eigenvalue weighted by atomic mass is 35.5. The lowest BCUT2D eigenvalue weighted by Gasteiger charge is -2.12. The summed E-state index contributed by atoms with van der Waals surface area (Å²) in [5.74, 6) is -0.731. The molecule has 3 aromatic rings. The Morgan fingerprint density at radius 1 is 0.969 bits per heavy atom. The third-order valence-electron chi connectivity index (χ3n) is 4.66. The number of carboxylic acids is 1. The largest absolute Gasteiger partial charge is 0.489 e. The van der Waals surface area contributed by atoms with Crippen LogP contribution in [-0.4, -0.2) is 22.2 Å². The Bertz CT molecular complexity index is 1200. The molecule has 160 valence electrons. The standard InChI is InChI=1S/C24H16ClNO5S/c25-18-7-9-19(10-8-18)26-22(27)21(32-24(26)30)13-15-3-11-20(12-4-15)31-14-16-1-5-17(6-2-16)23(28)29/h1-13H,14H2,(H,28,29). The number of imide groups is 1. The smallest absolute Gasteiger partial charge is 0.335 e. The van der Waals surface area contributed by atoms with Crippen molar-refractivity contribution in [1.82, 2.24) is 0 Å². The van der Waals surface area contributed by atoms with Crippen molar-refractivity contribution in [3.05, 3.63) is 99.4 Å². The molecule has 0 spiro atoms. The minimum Gasteiger partial charge on any atom is -0.489 e. The van der Waals surface area contributed by atoms with Crippen LogP contribution in [0.1, 0.15) is 21.5 Å². The Morgan fingerprint density at radius 2 is 1.62 bits per heavy atom. The van der Waals surface area contributed by atoms with Gasteiger partial charge in [0.15, 0.2) is 0 Å². The Labute approximate surface area is 193 Å². The molecule has 0 bridgehead atoms. The van der Waals surface area contributed by atoms with Crippen LogP contribution in [0.25, 0.3) is 6.08 Å². The second-order valence-corrected chi connectivity index (χ2v) is 8.28. The van der Waals surface area contributed by atoms with Gasteiger partial charge in [0.2, 0.25) is 0 Å². The number of anilines is 1. The Morgan fingerprint density at radius 3 is 2.25 bits per heavy atom. The van der Waals surface area contributed by atoms with E-state index in [0.29, 0.717) is 28.0 Å². The number of carbonyl (C=O) groups excluding carboxylic acids is 2. The topological polar surface area (TPSA) is 83.9 Å². The predicted octanol–water partition coefficient (Wildman–Crippen LogP) is 5.86. The van der Waals surface area contributed by atoms with Gasteiger partial charge in [-0.15, -0.1) is 0 Å². The van der Waals surface area contributed by atoms with Crippen molar-refractivity contribution in [2.75, 3.05) is 4.90 Å². The first kappa shape index (κ1) is 21.7. The highest BCUT2D eigenvalue weighted by Crippen LogP contribution is 2.36. The average molecular weight is 466 g/mol. The fraction of sp³-hybridized carbons (Fsp3) is 0.0417. The number of hydrogen-bond acceptors (Lipinski definition) is 5. The Kier molecular flexibility index (Phi) is 6.30. The van der Waals surface area contributed by atoms with Crippen LogP contribution in [-0.2, 0) is 11.4 Å². The predicted molar refractivity (Wildman–Crippen MR) is 124 cm³/mol. The highest BCUT2D eigenvalue weighted by Gasteiger charge is 2.36. The maximum absolute atomic E-state index is 12.7. The number of carboxylic acid groups (broad SMARTS) is 1. The summed E-state index contributed by atoms with van der Waals surface area (Å²) in [6.45, 7) is 0.291. The summed E-state index contributed by atoms with van der Waals surface area (Å²) in [6.07, 6.45) is 1.66. The number of amides is 2. The minimum absolute atomic E-state index is 0.221. The molecule has 3 aromatic carbocycles. The quantitative estimate of drug-likeness (QED) is 0.459. The van der Waals surface area contributed by atoms with Crippen LogP contribution < -0.4 is 9.64 Å². The Balaban J connectivity index is 1.41. The second kappa shape index (κ2) is 9.30. The normalized spacial score (nSPS) is 14.8. The Hall–Kier alpha value is -3.55. The lowest BCUT2D eigenvalue weighted by atomic mass is 10.1. The molecule has 4 rings (SSSR count). The third-order valence-corrected chi connectivity index (χ3v) is 5.78. The first-order chi connectivity index (χ1) is 15.4. The summed E-state index contributed by atoms with van der Waals surface area (Å²) in [7, 11) is 0. The van der Waals surface area contributed by atoms with Crippen molar-refractivity contribution in [1.29, 1.82) is 0 Å². The number of benzene rings is 3. The van der Waals surface area contributed by atoms with Gasteiger partial charge in [0.05, 0.1) is 16.2 Å². The van der Waals surface area contributed by atoms with Crippen molar-refractivity contribution < 1.29 is 24.2 Å². The molecular formula is C24H16ClNO5S. The number of halogens is 1. The van der Waals surface area contributed by atoms with Crippen LogP contribution in [0.15, 0.2) is 77.7 Å². The van der Waals surface area contributed by atoms with Crippen LogP contribution in [0.5, 0.6) is 5.75 Å². The fourth-order valence-corrected chi connectivity index (χ4v) is 3.97. The van der Waals surface area contributed by atoms with E-state index in [1.54, 1.807) is 66.7 Å². The van der Waals surface area contributed by atoms with Gasteiger partial charge < -0.3 is 9.84 Å². The van der Waals surface area contributed by atoms with E-state index < -0.39 is 5.97 Å². The molecule has 1 N–H and O–H groups in total. The van der Waals surface area contributed by atoms with Gasteiger partial charge in [0, 0.05) is 5.02 Å². The monoisotopic (exact) mass is 465 g/mol. The lowest BCUT2D eigenvalue weighted by molar-refractivity contribution is -0.113. The second-order valence-electron chi connectivity index (χ2n) is 6.85. The molecule has 1 saturated heterocycles.